The first-order valence-electron chi connectivity index (χ1n) is 11.9. The number of aliphatic hydroxyl groups is 1. The number of ketones is 1. The van der Waals surface area contributed by atoms with Crippen LogP contribution in [0, 0.1) is 17.3 Å². The number of benzene rings is 1. The zero-order valence-electron chi connectivity index (χ0n) is 20.4. The van der Waals surface area contributed by atoms with Crippen LogP contribution in [0.5, 0.6) is 5.75 Å². The minimum Gasteiger partial charge on any atom is -0.543 e. The minimum atomic E-state index is -4.88. The number of hydrogen-bond acceptors (Lipinski definition) is 3. The summed E-state index contributed by atoms with van der Waals surface area (Å²) in [7, 11) is -1.95. The third-order valence-electron chi connectivity index (χ3n) is 9.04. The number of hydrogen-bond donors (Lipinski definition) is 1. The van der Waals surface area contributed by atoms with E-state index < -0.39 is 37.0 Å². The topological polar surface area (TPSA) is 46.5 Å². The summed E-state index contributed by atoms with van der Waals surface area (Å²) < 4.78 is 46.0. The Morgan fingerprint density at radius 2 is 1.85 bits per heavy atom. The van der Waals surface area contributed by atoms with Crippen molar-refractivity contribution in [3.63, 3.8) is 0 Å². The zero-order chi connectivity index (χ0) is 24.6. The summed E-state index contributed by atoms with van der Waals surface area (Å²) in [5, 5.41) is 9.88. The minimum absolute atomic E-state index is 0.0176. The second kappa shape index (κ2) is 7.62. The molecule has 4 atom stereocenters. The van der Waals surface area contributed by atoms with Crippen molar-refractivity contribution in [1.82, 2.24) is 0 Å². The molecule has 0 amide bonds. The van der Waals surface area contributed by atoms with Crippen LogP contribution in [0.4, 0.5) is 13.2 Å². The van der Waals surface area contributed by atoms with Gasteiger partial charge in [-0.15, -0.1) is 0 Å². The lowest BCUT2D eigenvalue weighted by Crippen LogP contribution is -2.44. The smallest absolute Gasteiger partial charge is 0.449 e. The molecular weight excluding hydrogens is 445 g/mol. The lowest BCUT2D eigenvalue weighted by Gasteiger charge is -2.48. The van der Waals surface area contributed by atoms with E-state index in [1.54, 1.807) is 6.92 Å². The molecule has 3 aliphatic rings. The van der Waals surface area contributed by atoms with Gasteiger partial charge in [-0.1, -0.05) is 33.8 Å². The molecule has 0 bridgehead atoms. The Balaban J connectivity index is 1.62. The summed E-state index contributed by atoms with van der Waals surface area (Å²) in [6.45, 7) is 12.9. The highest BCUT2D eigenvalue weighted by molar-refractivity contribution is 6.74. The van der Waals surface area contributed by atoms with Crippen LogP contribution in [-0.2, 0) is 11.2 Å². The van der Waals surface area contributed by atoms with Gasteiger partial charge in [-0.2, -0.15) is 13.2 Å². The van der Waals surface area contributed by atoms with Gasteiger partial charge in [-0.3, -0.25) is 4.79 Å². The van der Waals surface area contributed by atoms with E-state index in [9.17, 15) is 23.1 Å². The molecule has 0 aromatic heterocycles. The summed E-state index contributed by atoms with van der Waals surface area (Å²) >= 11 is 0. The van der Waals surface area contributed by atoms with E-state index >= 15 is 0 Å². The molecule has 4 rings (SSSR count). The highest BCUT2D eigenvalue weighted by atomic mass is 28.4. The van der Waals surface area contributed by atoms with Gasteiger partial charge < -0.3 is 9.53 Å². The quantitative estimate of drug-likeness (QED) is 0.271. The molecule has 0 spiro atoms. The Morgan fingerprint density at radius 1 is 1.18 bits per heavy atom. The molecule has 2 fully saturated rings. The predicted octanol–water partition coefficient (Wildman–Crippen LogP) is 7.48. The lowest BCUT2D eigenvalue weighted by atomic mass is 9.55. The van der Waals surface area contributed by atoms with Crippen molar-refractivity contribution >= 4 is 14.1 Å². The van der Waals surface area contributed by atoms with E-state index in [0.29, 0.717) is 6.42 Å². The third-order valence-corrected chi connectivity index (χ3v) is 13.4. The Labute approximate surface area is 195 Å². The van der Waals surface area contributed by atoms with E-state index in [2.05, 4.69) is 46.0 Å². The number of carbonyl (C=O) groups is 1. The molecule has 1 aromatic rings. The molecule has 1 aromatic carbocycles. The Morgan fingerprint density at radius 3 is 2.45 bits per heavy atom. The number of rotatable bonds is 2. The van der Waals surface area contributed by atoms with E-state index in [1.165, 1.54) is 11.1 Å². The van der Waals surface area contributed by atoms with E-state index in [-0.39, 0.29) is 29.2 Å². The predicted molar refractivity (Wildman–Crippen MR) is 125 cm³/mol. The number of fused-ring (bicyclic) bond motifs is 5. The number of halogens is 3. The van der Waals surface area contributed by atoms with Crippen molar-refractivity contribution < 1.29 is 27.5 Å². The first-order valence-corrected chi connectivity index (χ1v) is 14.8. The van der Waals surface area contributed by atoms with Crippen LogP contribution in [0.15, 0.2) is 29.5 Å². The summed E-state index contributed by atoms with van der Waals surface area (Å²) in [6, 6.07) is 6.33. The number of allylic oxidation sites excluding steroid dienone is 2. The number of aliphatic hydroxyl groups excluding tert-OH is 1. The van der Waals surface area contributed by atoms with E-state index in [0.717, 1.165) is 25.0 Å². The number of alkyl halides is 3. The van der Waals surface area contributed by atoms with Crippen molar-refractivity contribution in [2.45, 2.75) is 90.0 Å². The van der Waals surface area contributed by atoms with E-state index in [1.807, 2.05) is 6.07 Å². The maximum Gasteiger partial charge on any atom is 0.449 e. The first-order chi connectivity index (χ1) is 15.1. The van der Waals surface area contributed by atoms with Crippen molar-refractivity contribution in [1.29, 1.82) is 0 Å². The molecule has 182 valence electrons. The standard InChI is InChI=1S/C26H35F3O3Si/c1-24(2,3)33(5,6)32-16-8-10-17-15(13-16)7-9-19-18(17)11-12-25(4)21(19)14-20(22(25)30)23(31)26(27,28)29/h8,10,13,18-19,21,31H,7,9,11-12,14H2,1-6H3/b23-20-/t18-,19-,21+,25+/m1/s1. The number of Topliss-reactive ketones (excluding diaryl/α,β-unsaturated/α-hetero) is 1. The molecule has 33 heavy (non-hydrogen) atoms. The summed E-state index contributed by atoms with van der Waals surface area (Å²) in [6.07, 6.45) is -1.87. The Hall–Kier alpha value is -1.76. The van der Waals surface area contributed by atoms with Gasteiger partial charge in [-0.25, -0.2) is 0 Å². The number of carbonyl (C=O) groups excluding carboxylic acids is 1. The van der Waals surface area contributed by atoms with Crippen LogP contribution in [0.2, 0.25) is 18.1 Å². The Kier molecular flexibility index (Phi) is 5.63. The highest BCUT2D eigenvalue weighted by Gasteiger charge is 2.58. The van der Waals surface area contributed by atoms with Gasteiger partial charge in [0.1, 0.15) is 5.75 Å². The molecule has 3 nitrogen and oxygen atoms in total. The first kappa shape index (κ1) is 24.4. The summed E-state index contributed by atoms with van der Waals surface area (Å²) in [4.78, 5) is 13.0. The van der Waals surface area contributed by atoms with Gasteiger partial charge in [-0.05, 0) is 91.2 Å². The zero-order valence-corrected chi connectivity index (χ0v) is 21.4. The van der Waals surface area contributed by atoms with Crippen molar-refractivity contribution in [3.05, 3.63) is 40.7 Å². The third kappa shape index (κ3) is 3.94. The highest BCUT2D eigenvalue weighted by Crippen LogP contribution is 2.61. The molecule has 0 radical (unpaired) electrons. The molecule has 7 heteroatoms. The molecular formula is C26H35F3O3Si. The van der Waals surface area contributed by atoms with Crippen LogP contribution in [0.1, 0.15) is 70.4 Å². The monoisotopic (exact) mass is 480 g/mol. The van der Waals surface area contributed by atoms with Gasteiger partial charge in [0.25, 0.3) is 0 Å². The number of aryl methyl sites for hydroxylation is 1. The molecule has 1 N–H and O–H groups in total. The molecule has 2 saturated carbocycles. The maximum atomic E-state index is 13.2. The molecule has 0 heterocycles. The van der Waals surface area contributed by atoms with Crippen molar-refractivity contribution in [3.8, 4) is 5.75 Å². The van der Waals surface area contributed by atoms with Crippen LogP contribution in [0.25, 0.3) is 0 Å². The maximum absolute atomic E-state index is 13.2. The van der Waals surface area contributed by atoms with Crippen molar-refractivity contribution in [2.24, 2.45) is 17.3 Å². The van der Waals surface area contributed by atoms with Crippen LogP contribution < -0.4 is 4.43 Å². The fourth-order valence-corrected chi connectivity index (χ4v) is 7.10. The normalized spacial score (nSPS) is 31.5. The molecule has 0 aliphatic heterocycles. The molecule has 3 aliphatic carbocycles. The molecule has 0 unspecified atom stereocenters. The average molecular weight is 481 g/mol. The van der Waals surface area contributed by atoms with Gasteiger partial charge >= 0.3 is 6.18 Å². The van der Waals surface area contributed by atoms with Gasteiger partial charge in [0.2, 0.25) is 14.1 Å². The SMILES string of the molecule is CC(C)(C)[Si](C)(C)Oc1ccc2c(c1)CC[C@@H]1[C@@H]2CC[C@]2(C)C(=O)/C(=C(\O)C(F)(F)F)C[C@@H]12. The largest absolute Gasteiger partial charge is 0.543 e. The second-order valence-corrected chi connectivity index (χ2v) is 16.7. The van der Waals surface area contributed by atoms with Gasteiger partial charge in [0.05, 0.1) is 0 Å². The van der Waals surface area contributed by atoms with Crippen LogP contribution in [0.3, 0.4) is 0 Å². The van der Waals surface area contributed by atoms with Crippen LogP contribution in [-0.4, -0.2) is 25.4 Å². The second-order valence-electron chi connectivity index (χ2n) is 12.0. The van der Waals surface area contributed by atoms with Gasteiger partial charge in [0.15, 0.2) is 5.78 Å². The summed E-state index contributed by atoms with van der Waals surface area (Å²) in [5.74, 6) is -1.09. The lowest BCUT2D eigenvalue weighted by molar-refractivity contribution is -0.131. The fraction of sp³-hybridized carbons (Fsp3) is 0.654. The van der Waals surface area contributed by atoms with Crippen LogP contribution >= 0.6 is 0 Å². The van der Waals surface area contributed by atoms with Gasteiger partial charge in [0, 0.05) is 11.0 Å². The Bertz CT molecular complexity index is 1010. The summed E-state index contributed by atoms with van der Waals surface area (Å²) in [5.41, 5.74) is 1.27. The molecule has 0 saturated heterocycles. The fourth-order valence-electron chi connectivity index (χ4n) is 6.08. The van der Waals surface area contributed by atoms with Crippen molar-refractivity contribution in [2.75, 3.05) is 0 Å². The average Bonchev–Trinajstić information content (AvgIpc) is 2.96. The van der Waals surface area contributed by atoms with E-state index in [4.69, 9.17) is 4.43 Å².